The summed E-state index contributed by atoms with van der Waals surface area (Å²) in [5, 5.41) is 7.21. The van der Waals surface area contributed by atoms with Crippen LogP contribution < -0.4 is 5.32 Å². The standard InChI is InChI=1S/C12H18N2O2S/c1-10(8-11-2-7-17-9-11)13-12(15)14-3-5-16-6-4-14/h2,7,9-10H,3-6,8H2,1H3,(H,13,15)/t10-/m0/s1. The van der Waals surface area contributed by atoms with Crippen LogP contribution in [0.25, 0.3) is 0 Å². The number of urea groups is 1. The summed E-state index contributed by atoms with van der Waals surface area (Å²) < 4.78 is 5.22. The van der Waals surface area contributed by atoms with Gasteiger partial charge in [0.1, 0.15) is 0 Å². The Balaban J connectivity index is 1.77. The van der Waals surface area contributed by atoms with Crippen LogP contribution in [0.15, 0.2) is 16.8 Å². The summed E-state index contributed by atoms with van der Waals surface area (Å²) in [6.07, 6.45) is 0.888. The molecule has 4 nitrogen and oxygen atoms in total. The number of carbonyl (C=O) groups is 1. The van der Waals surface area contributed by atoms with Gasteiger partial charge in [-0.1, -0.05) is 0 Å². The second-order valence-electron chi connectivity index (χ2n) is 4.29. The lowest BCUT2D eigenvalue weighted by molar-refractivity contribution is 0.0526. The molecule has 1 aromatic heterocycles. The maximum absolute atomic E-state index is 11.9. The van der Waals surface area contributed by atoms with Gasteiger partial charge in [-0.2, -0.15) is 11.3 Å². The molecule has 1 N–H and O–H groups in total. The highest BCUT2D eigenvalue weighted by Gasteiger charge is 2.18. The maximum Gasteiger partial charge on any atom is 0.317 e. The smallest absolute Gasteiger partial charge is 0.317 e. The predicted molar refractivity (Wildman–Crippen MR) is 68.4 cm³/mol. The number of morpholine rings is 1. The van der Waals surface area contributed by atoms with Gasteiger partial charge in [0.05, 0.1) is 13.2 Å². The number of amides is 2. The van der Waals surface area contributed by atoms with Crippen molar-refractivity contribution in [1.82, 2.24) is 10.2 Å². The summed E-state index contributed by atoms with van der Waals surface area (Å²) >= 11 is 1.69. The molecule has 17 heavy (non-hydrogen) atoms. The molecule has 0 saturated carbocycles. The third-order valence-corrected chi connectivity index (χ3v) is 3.52. The van der Waals surface area contributed by atoms with Crippen LogP contribution in [0.3, 0.4) is 0 Å². The molecular formula is C12H18N2O2S. The van der Waals surface area contributed by atoms with E-state index in [0.29, 0.717) is 26.3 Å². The van der Waals surface area contributed by atoms with Crippen LogP contribution in [0.4, 0.5) is 4.79 Å². The van der Waals surface area contributed by atoms with E-state index in [2.05, 4.69) is 22.1 Å². The van der Waals surface area contributed by atoms with Crippen molar-refractivity contribution in [3.63, 3.8) is 0 Å². The molecule has 5 heteroatoms. The van der Waals surface area contributed by atoms with Crippen molar-refractivity contribution in [2.75, 3.05) is 26.3 Å². The highest BCUT2D eigenvalue weighted by Crippen LogP contribution is 2.09. The Morgan fingerprint density at radius 1 is 1.59 bits per heavy atom. The van der Waals surface area contributed by atoms with Crippen LogP contribution in [0.2, 0.25) is 0 Å². The summed E-state index contributed by atoms with van der Waals surface area (Å²) in [5.74, 6) is 0. The first-order valence-corrected chi connectivity index (χ1v) is 6.84. The number of nitrogens with zero attached hydrogens (tertiary/aromatic N) is 1. The van der Waals surface area contributed by atoms with Crippen LogP contribution in [0.5, 0.6) is 0 Å². The molecule has 0 aromatic carbocycles. The number of hydrogen-bond donors (Lipinski definition) is 1. The van der Waals surface area contributed by atoms with Gasteiger partial charge in [-0.25, -0.2) is 4.79 Å². The minimum atomic E-state index is 0.0241. The van der Waals surface area contributed by atoms with E-state index in [1.54, 1.807) is 11.3 Å². The van der Waals surface area contributed by atoms with Gasteiger partial charge < -0.3 is 15.0 Å². The first-order chi connectivity index (χ1) is 8.25. The van der Waals surface area contributed by atoms with Crippen LogP contribution >= 0.6 is 11.3 Å². The van der Waals surface area contributed by atoms with Crippen LogP contribution in [-0.4, -0.2) is 43.3 Å². The molecule has 2 amide bonds. The Bertz CT molecular complexity index is 347. The fourth-order valence-electron chi connectivity index (χ4n) is 1.88. The summed E-state index contributed by atoms with van der Waals surface area (Å²) in [6.45, 7) is 4.71. The molecule has 0 radical (unpaired) electrons. The molecule has 1 fully saturated rings. The van der Waals surface area contributed by atoms with E-state index in [1.807, 2.05) is 11.8 Å². The first kappa shape index (κ1) is 12.4. The van der Waals surface area contributed by atoms with Crippen molar-refractivity contribution < 1.29 is 9.53 Å². The van der Waals surface area contributed by atoms with Gasteiger partial charge in [-0.15, -0.1) is 0 Å². The zero-order valence-corrected chi connectivity index (χ0v) is 10.8. The third-order valence-electron chi connectivity index (χ3n) is 2.79. The molecule has 2 heterocycles. The zero-order chi connectivity index (χ0) is 12.1. The topological polar surface area (TPSA) is 41.6 Å². The molecule has 0 spiro atoms. The van der Waals surface area contributed by atoms with E-state index >= 15 is 0 Å². The van der Waals surface area contributed by atoms with Crippen LogP contribution in [0.1, 0.15) is 12.5 Å². The van der Waals surface area contributed by atoms with E-state index in [4.69, 9.17) is 4.74 Å². The average Bonchev–Trinajstić information content (AvgIpc) is 2.82. The first-order valence-electron chi connectivity index (χ1n) is 5.90. The molecule has 1 atom stereocenters. The number of ether oxygens (including phenoxy) is 1. The van der Waals surface area contributed by atoms with E-state index in [-0.39, 0.29) is 12.1 Å². The minimum absolute atomic E-state index is 0.0241. The Labute approximate surface area is 106 Å². The van der Waals surface area contributed by atoms with E-state index in [9.17, 15) is 4.79 Å². The molecule has 2 rings (SSSR count). The summed E-state index contributed by atoms with van der Waals surface area (Å²) in [6, 6.07) is 2.29. The van der Waals surface area contributed by atoms with E-state index in [1.165, 1.54) is 5.56 Å². The molecule has 1 aliphatic heterocycles. The maximum atomic E-state index is 11.9. The molecule has 1 aliphatic rings. The Hall–Kier alpha value is -1.07. The van der Waals surface area contributed by atoms with Crippen molar-refractivity contribution in [3.8, 4) is 0 Å². The van der Waals surface area contributed by atoms with Crippen molar-refractivity contribution in [2.24, 2.45) is 0 Å². The van der Waals surface area contributed by atoms with Gasteiger partial charge in [0.25, 0.3) is 0 Å². The summed E-state index contributed by atoms with van der Waals surface area (Å²) in [4.78, 5) is 13.7. The number of carbonyl (C=O) groups excluding carboxylic acids is 1. The molecule has 1 aromatic rings. The molecular weight excluding hydrogens is 236 g/mol. The minimum Gasteiger partial charge on any atom is -0.378 e. The SMILES string of the molecule is C[C@@H](Cc1ccsc1)NC(=O)N1CCOCC1. The zero-order valence-electron chi connectivity index (χ0n) is 10.0. The number of nitrogens with one attached hydrogen (secondary N) is 1. The normalized spacial score (nSPS) is 17.8. The quantitative estimate of drug-likeness (QED) is 0.892. The second kappa shape index (κ2) is 6.02. The lowest BCUT2D eigenvalue weighted by atomic mass is 10.1. The van der Waals surface area contributed by atoms with Gasteiger partial charge in [-0.3, -0.25) is 0 Å². The fraction of sp³-hybridized carbons (Fsp3) is 0.583. The number of hydrogen-bond acceptors (Lipinski definition) is 3. The van der Waals surface area contributed by atoms with Gasteiger partial charge in [0, 0.05) is 19.1 Å². The van der Waals surface area contributed by atoms with Crippen molar-refractivity contribution in [2.45, 2.75) is 19.4 Å². The Kier molecular flexibility index (Phi) is 4.39. The largest absolute Gasteiger partial charge is 0.378 e. The Morgan fingerprint density at radius 3 is 3.00 bits per heavy atom. The van der Waals surface area contributed by atoms with Gasteiger partial charge in [-0.05, 0) is 35.7 Å². The molecule has 0 bridgehead atoms. The average molecular weight is 254 g/mol. The van der Waals surface area contributed by atoms with Crippen molar-refractivity contribution in [3.05, 3.63) is 22.4 Å². The molecule has 0 unspecified atom stereocenters. The number of rotatable bonds is 3. The van der Waals surface area contributed by atoms with Crippen LogP contribution in [0, 0.1) is 0 Å². The van der Waals surface area contributed by atoms with Crippen molar-refractivity contribution in [1.29, 1.82) is 0 Å². The fourth-order valence-corrected chi connectivity index (χ4v) is 2.56. The van der Waals surface area contributed by atoms with Gasteiger partial charge in [0.15, 0.2) is 0 Å². The monoisotopic (exact) mass is 254 g/mol. The van der Waals surface area contributed by atoms with Crippen molar-refractivity contribution >= 4 is 17.4 Å². The predicted octanol–water partition coefficient (Wildman–Crippen LogP) is 1.72. The third kappa shape index (κ3) is 3.71. The lowest BCUT2D eigenvalue weighted by Gasteiger charge is -2.28. The van der Waals surface area contributed by atoms with Crippen LogP contribution in [-0.2, 0) is 11.2 Å². The highest BCUT2D eigenvalue weighted by molar-refractivity contribution is 7.07. The molecule has 94 valence electrons. The lowest BCUT2D eigenvalue weighted by Crippen LogP contribution is -2.49. The summed E-state index contributed by atoms with van der Waals surface area (Å²) in [7, 11) is 0. The highest BCUT2D eigenvalue weighted by atomic mass is 32.1. The molecule has 1 saturated heterocycles. The Morgan fingerprint density at radius 2 is 2.35 bits per heavy atom. The van der Waals surface area contributed by atoms with E-state index in [0.717, 1.165) is 6.42 Å². The summed E-state index contributed by atoms with van der Waals surface area (Å²) in [5.41, 5.74) is 1.28. The van der Waals surface area contributed by atoms with E-state index < -0.39 is 0 Å². The van der Waals surface area contributed by atoms with Gasteiger partial charge >= 0.3 is 6.03 Å². The van der Waals surface area contributed by atoms with Gasteiger partial charge in [0.2, 0.25) is 0 Å². The molecule has 0 aliphatic carbocycles. The second-order valence-corrected chi connectivity index (χ2v) is 5.07. The number of thiophene rings is 1.